The standard InChI is InChI=1S/C21H23NO3/c1-13-10-11-17-15(12-13)20(14-6-2-3-7-16(14)22-17)21(24)25-19-9-5-4-8-18(19)23/h10-12,19H,2-9H2,1H3/t19-/m1/s1. The fraction of sp³-hybridized carbons (Fsp3) is 0.476. The number of hydrogen-bond acceptors (Lipinski definition) is 4. The Labute approximate surface area is 147 Å². The van der Waals surface area contributed by atoms with Crippen LogP contribution in [0.15, 0.2) is 18.2 Å². The largest absolute Gasteiger partial charge is 0.451 e. The van der Waals surface area contributed by atoms with Crippen LogP contribution in [0.5, 0.6) is 0 Å². The molecular weight excluding hydrogens is 314 g/mol. The summed E-state index contributed by atoms with van der Waals surface area (Å²) in [6.45, 7) is 2.01. The number of carbonyl (C=O) groups excluding carboxylic acids is 2. The quantitative estimate of drug-likeness (QED) is 0.775. The van der Waals surface area contributed by atoms with E-state index in [4.69, 9.17) is 9.72 Å². The van der Waals surface area contributed by atoms with E-state index in [1.807, 2.05) is 25.1 Å². The number of benzene rings is 1. The smallest absolute Gasteiger partial charge is 0.339 e. The zero-order valence-electron chi connectivity index (χ0n) is 14.6. The van der Waals surface area contributed by atoms with E-state index in [0.717, 1.165) is 66.2 Å². The first kappa shape index (κ1) is 16.2. The highest BCUT2D eigenvalue weighted by molar-refractivity contribution is 6.06. The van der Waals surface area contributed by atoms with Crippen molar-refractivity contribution >= 4 is 22.7 Å². The van der Waals surface area contributed by atoms with E-state index in [9.17, 15) is 9.59 Å². The summed E-state index contributed by atoms with van der Waals surface area (Å²) in [5, 5.41) is 0.855. The number of carbonyl (C=O) groups is 2. The van der Waals surface area contributed by atoms with E-state index in [1.165, 1.54) is 0 Å². The van der Waals surface area contributed by atoms with E-state index in [-0.39, 0.29) is 11.8 Å². The number of rotatable bonds is 2. The topological polar surface area (TPSA) is 56.3 Å². The van der Waals surface area contributed by atoms with Gasteiger partial charge in [-0.05, 0) is 69.6 Å². The lowest BCUT2D eigenvalue weighted by Crippen LogP contribution is -2.31. The zero-order valence-corrected chi connectivity index (χ0v) is 14.6. The van der Waals surface area contributed by atoms with Crippen LogP contribution in [0, 0.1) is 6.92 Å². The number of aromatic nitrogens is 1. The molecule has 0 unspecified atom stereocenters. The number of nitrogens with zero attached hydrogens (tertiary/aromatic N) is 1. The molecule has 1 atom stereocenters. The lowest BCUT2D eigenvalue weighted by Gasteiger charge is -2.24. The van der Waals surface area contributed by atoms with Gasteiger partial charge < -0.3 is 4.74 Å². The van der Waals surface area contributed by atoms with Gasteiger partial charge in [0.2, 0.25) is 0 Å². The maximum Gasteiger partial charge on any atom is 0.339 e. The fourth-order valence-corrected chi connectivity index (χ4v) is 4.03. The summed E-state index contributed by atoms with van der Waals surface area (Å²) in [7, 11) is 0. The number of hydrogen-bond donors (Lipinski definition) is 0. The van der Waals surface area contributed by atoms with Crippen molar-refractivity contribution in [3.05, 3.63) is 40.6 Å². The molecule has 1 aromatic heterocycles. The molecule has 1 saturated carbocycles. The van der Waals surface area contributed by atoms with E-state index < -0.39 is 6.10 Å². The third-order valence-electron chi connectivity index (χ3n) is 5.37. The molecule has 2 aliphatic rings. The van der Waals surface area contributed by atoms with E-state index in [2.05, 4.69) is 0 Å². The van der Waals surface area contributed by atoms with Gasteiger partial charge in [-0.3, -0.25) is 9.78 Å². The molecule has 1 aromatic carbocycles. The molecule has 2 aliphatic carbocycles. The fourth-order valence-electron chi connectivity index (χ4n) is 4.03. The molecule has 2 aromatic rings. The number of Topliss-reactive ketones (excluding diaryl/α,β-unsaturated/α-hetero) is 1. The first-order valence-corrected chi connectivity index (χ1v) is 9.29. The van der Waals surface area contributed by atoms with Crippen LogP contribution >= 0.6 is 0 Å². The molecule has 130 valence electrons. The molecular formula is C21H23NO3. The van der Waals surface area contributed by atoms with Gasteiger partial charge >= 0.3 is 5.97 Å². The van der Waals surface area contributed by atoms with Crippen molar-refractivity contribution in [1.29, 1.82) is 0 Å². The molecule has 0 amide bonds. The summed E-state index contributed by atoms with van der Waals surface area (Å²) in [5.41, 5.74) is 4.62. The molecule has 0 saturated heterocycles. The third-order valence-corrected chi connectivity index (χ3v) is 5.37. The Hall–Kier alpha value is -2.23. The highest BCUT2D eigenvalue weighted by Crippen LogP contribution is 2.31. The van der Waals surface area contributed by atoms with Crippen LogP contribution in [0.2, 0.25) is 0 Å². The van der Waals surface area contributed by atoms with E-state index in [0.29, 0.717) is 18.4 Å². The lowest BCUT2D eigenvalue weighted by molar-refractivity contribution is -0.129. The van der Waals surface area contributed by atoms with Crippen molar-refractivity contribution in [2.24, 2.45) is 0 Å². The molecule has 0 N–H and O–H groups in total. The summed E-state index contributed by atoms with van der Waals surface area (Å²) in [4.78, 5) is 29.9. The van der Waals surface area contributed by atoms with Crippen molar-refractivity contribution in [2.45, 2.75) is 64.4 Å². The van der Waals surface area contributed by atoms with Gasteiger partial charge in [0.15, 0.2) is 11.9 Å². The summed E-state index contributed by atoms with van der Waals surface area (Å²) < 4.78 is 5.69. The number of ketones is 1. The molecule has 0 bridgehead atoms. The van der Waals surface area contributed by atoms with Gasteiger partial charge in [-0.2, -0.15) is 0 Å². The van der Waals surface area contributed by atoms with E-state index >= 15 is 0 Å². The molecule has 0 aliphatic heterocycles. The number of aryl methyl sites for hydroxylation is 2. The SMILES string of the molecule is Cc1ccc2nc3c(c(C(=O)O[C@@H]4CCCCC4=O)c2c1)CCCC3. The Morgan fingerprint density at radius 3 is 2.76 bits per heavy atom. The van der Waals surface area contributed by atoms with Crippen LogP contribution in [-0.4, -0.2) is 22.8 Å². The van der Waals surface area contributed by atoms with Crippen molar-refractivity contribution in [3.8, 4) is 0 Å². The molecule has 4 rings (SSSR count). The van der Waals surface area contributed by atoms with Crippen LogP contribution in [0.1, 0.15) is 65.7 Å². The van der Waals surface area contributed by atoms with Crippen molar-refractivity contribution in [1.82, 2.24) is 4.98 Å². The molecule has 4 heteroatoms. The minimum atomic E-state index is -0.575. The Kier molecular flexibility index (Phi) is 4.28. The number of esters is 1. The molecule has 25 heavy (non-hydrogen) atoms. The summed E-state index contributed by atoms with van der Waals surface area (Å²) in [5.74, 6) is -0.292. The molecule has 1 heterocycles. The van der Waals surface area contributed by atoms with Gasteiger partial charge in [0.1, 0.15) is 0 Å². The Morgan fingerprint density at radius 1 is 1.12 bits per heavy atom. The predicted molar refractivity (Wildman–Crippen MR) is 95.8 cm³/mol. The van der Waals surface area contributed by atoms with Crippen LogP contribution < -0.4 is 0 Å². The maximum atomic E-state index is 13.1. The number of fused-ring (bicyclic) bond motifs is 2. The normalized spacial score (nSPS) is 20.4. The Bertz CT molecular complexity index is 856. The van der Waals surface area contributed by atoms with Gasteiger partial charge in [-0.25, -0.2) is 4.79 Å². The Balaban J connectivity index is 1.79. The van der Waals surface area contributed by atoms with Crippen LogP contribution in [0.25, 0.3) is 10.9 Å². The molecule has 1 fully saturated rings. The highest BCUT2D eigenvalue weighted by atomic mass is 16.5. The summed E-state index contributed by atoms with van der Waals surface area (Å²) in [6, 6.07) is 6.00. The first-order valence-electron chi connectivity index (χ1n) is 9.29. The zero-order chi connectivity index (χ0) is 17.4. The molecule has 0 radical (unpaired) electrons. The average molecular weight is 337 g/mol. The van der Waals surface area contributed by atoms with Crippen LogP contribution in [0.3, 0.4) is 0 Å². The van der Waals surface area contributed by atoms with Crippen molar-refractivity contribution in [2.75, 3.05) is 0 Å². The Morgan fingerprint density at radius 2 is 1.92 bits per heavy atom. The van der Waals surface area contributed by atoms with Gasteiger partial charge in [-0.1, -0.05) is 11.6 Å². The minimum absolute atomic E-state index is 0.0583. The van der Waals surface area contributed by atoms with Crippen molar-refractivity contribution < 1.29 is 14.3 Å². The van der Waals surface area contributed by atoms with Gasteiger partial charge in [0.25, 0.3) is 0 Å². The van der Waals surface area contributed by atoms with Gasteiger partial charge in [0, 0.05) is 17.5 Å². The molecule has 4 nitrogen and oxygen atoms in total. The number of ether oxygens (including phenoxy) is 1. The van der Waals surface area contributed by atoms with Crippen LogP contribution in [0.4, 0.5) is 0 Å². The van der Waals surface area contributed by atoms with Crippen molar-refractivity contribution in [3.63, 3.8) is 0 Å². The second-order valence-corrected chi connectivity index (χ2v) is 7.25. The molecule has 0 spiro atoms. The second-order valence-electron chi connectivity index (χ2n) is 7.25. The predicted octanol–water partition coefficient (Wildman–Crippen LogP) is 4.09. The average Bonchev–Trinajstić information content (AvgIpc) is 2.61. The third kappa shape index (κ3) is 3.06. The summed E-state index contributed by atoms with van der Waals surface area (Å²) >= 11 is 0. The maximum absolute atomic E-state index is 13.1. The van der Waals surface area contributed by atoms with Gasteiger partial charge in [0.05, 0.1) is 11.1 Å². The van der Waals surface area contributed by atoms with Gasteiger partial charge in [-0.15, -0.1) is 0 Å². The van der Waals surface area contributed by atoms with Crippen LogP contribution in [-0.2, 0) is 22.4 Å². The second kappa shape index (κ2) is 6.58. The number of pyridine rings is 1. The first-order chi connectivity index (χ1) is 12.1. The highest BCUT2D eigenvalue weighted by Gasteiger charge is 2.29. The monoisotopic (exact) mass is 337 g/mol. The summed E-state index contributed by atoms with van der Waals surface area (Å²) in [6.07, 6.45) is 6.37. The van der Waals surface area contributed by atoms with E-state index in [1.54, 1.807) is 0 Å². The minimum Gasteiger partial charge on any atom is -0.451 e. The lowest BCUT2D eigenvalue weighted by atomic mass is 9.89.